The molecule has 1 aromatic rings. The Kier molecular flexibility index (Phi) is 10.4. The van der Waals surface area contributed by atoms with Gasteiger partial charge in [-0.1, -0.05) is 70.2 Å². The fourth-order valence-corrected chi connectivity index (χ4v) is 2.33. The molecule has 0 saturated heterocycles. The van der Waals surface area contributed by atoms with Crippen LogP contribution in [0.25, 0.3) is 0 Å². The van der Waals surface area contributed by atoms with Crippen LogP contribution >= 0.6 is 0 Å². The molecule has 1 heteroatoms. The lowest BCUT2D eigenvalue weighted by atomic mass is 10.1. The van der Waals surface area contributed by atoms with Crippen molar-refractivity contribution in [2.24, 2.45) is 4.99 Å². The summed E-state index contributed by atoms with van der Waals surface area (Å²) in [4.78, 5) is 4.61. The minimum absolute atomic E-state index is 1.05. The zero-order valence-electron chi connectivity index (χ0n) is 13.9. The highest BCUT2D eigenvalue weighted by Gasteiger charge is 1.95. The molecule has 0 radical (unpaired) electrons. The molecule has 0 bridgehead atoms. The number of unbranched alkanes of at least 4 members (excludes halogenated alkanes) is 6. The van der Waals surface area contributed by atoms with E-state index >= 15 is 0 Å². The molecule has 0 unspecified atom stereocenters. The summed E-state index contributed by atoms with van der Waals surface area (Å²) < 4.78 is 0. The number of rotatable bonds is 11. The van der Waals surface area contributed by atoms with E-state index in [0.29, 0.717) is 0 Å². The molecule has 1 nitrogen and oxygen atoms in total. The van der Waals surface area contributed by atoms with Crippen LogP contribution in [0.2, 0.25) is 0 Å². The monoisotopic (exact) mass is 285 g/mol. The molecule has 0 fully saturated rings. The Morgan fingerprint density at radius 3 is 2.33 bits per heavy atom. The number of hydrogen-bond acceptors (Lipinski definition) is 1. The van der Waals surface area contributed by atoms with Gasteiger partial charge in [0.05, 0.1) is 5.69 Å². The summed E-state index contributed by atoms with van der Waals surface area (Å²) in [5.41, 5.74) is 2.45. The number of para-hydroxylation sites is 1. The Balaban J connectivity index is 2.50. The van der Waals surface area contributed by atoms with E-state index in [9.17, 15) is 0 Å². The maximum absolute atomic E-state index is 4.61. The largest absolute Gasteiger partial charge is 0.257 e. The van der Waals surface area contributed by atoms with Gasteiger partial charge in [0.2, 0.25) is 0 Å². The molecule has 0 heterocycles. The minimum Gasteiger partial charge on any atom is -0.257 e. The van der Waals surface area contributed by atoms with Crippen molar-refractivity contribution < 1.29 is 0 Å². The Bertz CT molecular complexity index is 403. The van der Waals surface area contributed by atoms with Crippen LogP contribution < -0.4 is 0 Å². The van der Waals surface area contributed by atoms with Crippen LogP contribution in [-0.4, -0.2) is 6.21 Å². The van der Waals surface area contributed by atoms with Gasteiger partial charge in [-0.15, -0.1) is 0 Å². The molecule has 0 N–H and O–H groups in total. The van der Waals surface area contributed by atoms with E-state index in [1.807, 2.05) is 18.2 Å². The third kappa shape index (κ3) is 9.23. The maximum atomic E-state index is 4.61. The van der Waals surface area contributed by atoms with Gasteiger partial charge in [0, 0.05) is 6.21 Å². The van der Waals surface area contributed by atoms with Gasteiger partial charge in [0.15, 0.2) is 0 Å². The van der Waals surface area contributed by atoms with Gasteiger partial charge >= 0.3 is 0 Å². The Morgan fingerprint density at radius 2 is 1.62 bits per heavy atom. The SMILES string of the molecule is CCCCCC/C=C(\C=Nc1ccccc1)CCCCC. The molecule has 0 saturated carbocycles. The molecule has 1 rings (SSSR count). The summed E-state index contributed by atoms with van der Waals surface area (Å²) in [6.45, 7) is 4.52. The van der Waals surface area contributed by atoms with Gasteiger partial charge in [-0.3, -0.25) is 4.99 Å². The molecule has 0 aromatic heterocycles. The van der Waals surface area contributed by atoms with Crippen molar-refractivity contribution in [1.29, 1.82) is 0 Å². The van der Waals surface area contributed by atoms with Gasteiger partial charge in [-0.25, -0.2) is 0 Å². The highest BCUT2D eigenvalue weighted by atomic mass is 14.7. The van der Waals surface area contributed by atoms with Gasteiger partial charge < -0.3 is 0 Å². The lowest BCUT2D eigenvalue weighted by Gasteiger charge is -2.03. The molecular weight excluding hydrogens is 254 g/mol. The molecule has 0 spiro atoms. The van der Waals surface area contributed by atoms with Crippen molar-refractivity contribution in [2.75, 3.05) is 0 Å². The highest BCUT2D eigenvalue weighted by Crippen LogP contribution is 2.14. The van der Waals surface area contributed by atoms with Crippen LogP contribution in [0.3, 0.4) is 0 Å². The van der Waals surface area contributed by atoms with E-state index in [-0.39, 0.29) is 0 Å². The number of nitrogens with zero attached hydrogens (tertiary/aromatic N) is 1. The first-order valence-corrected chi connectivity index (χ1v) is 8.65. The topological polar surface area (TPSA) is 12.4 Å². The smallest absolute Gasteiger partial charge is 0.0629 e. The molecule has 0 atom stereocenters. The van der Waals surface area contributed by atoms with Gasteiger partial charge in [-0.2, -0.15) is 0 Å². The van der Waals surface area contributed by atoms with Gasteiger partial charge in [0.25, 0.3) is 0 Å². The van der Waals surface area contributed by atoms with Crippen LogP contribution in [0, 0.1) is 0 Å². The van der Waals surface area contributed by atoms with E-state index in [4.69, 9.17) is 0 Å². The fourth-order valence-electron chi connectivity index (χ4n) is 2.33. The second-order valence-electron chi connectivity index (χ2n) is 5.68. The van der Waals surface area contributed by atoms with Crippen LogP contribution in [0.1, 0.15) is 71.6 Å². The molecule has 0 amide bonds. The molecule has 0 aliphatic heterocycles. The van der Waals surface area contributed by atoms with Crippen LogP contribution in [0.15, 0.2) is 47.0 Å². The standard InChI is InChI=1S/C20H31N/c1-3-5-7-8-11-15-19(14-10-6-4-2)18-21-20-16-12-9-13-17-20/h9,12-13,15-18H,3-8,10-11,14H2,1-2H3/b19-15-,21-18?. The number of allylic oxidation sites excluding steroid dienone is 2. The highest BCUT2D eigenvalue weighted by molar-refractivity contribution is 5.80. The first-order valence-electron chi connectivity index (χ1n) is 8.65. The summed E-state index contributed by atoms with van der Waals surface area (Å²) in [5, 5.41) is 0. The Morgan fingerprint density at radius 1 is 0.905 bits per heavy atom. The van der Waals surface area contributed by atoms with E-state index in [1.165, 1.54) is 56.9 Å². The number of benzene rings is 1. The zero-order valence-corrected chi connectivity index (χ0v) is 13.9. The van der Waals surface area contributed by atoms with Crippen molar-refractivity contribution >= 4 is 11.9 Å². The first kappa shape index (κ1) is 17.7. The third-order valence-electron chi connectivity index (χ3n) is 3.67. The lowest BCUT2D eigenvalue weighted by Crippen LogP contribution is -1.87. The van der Waals surface area contributed by atoms with Gasteiger partial charge in [0.1, 0.15) is 0 Å². The second kappa shape index (κ2) is 12.4. The Labute approximate surface area is 131 Å². The number of hydrogen-bond donors (Lipinski definition) is 0. The minimum atomic E-state index is 1.05. The average molecular weight is 285 g/mol. The fraction of sp³-hybridized carbons (Fsp3) is 0.550. The second-order valence-corrected chi connectivity index (χ2v) is 5.68. The van der Waals surface area contributed by atoms with Crippen LogP contribution in [0.4, 0.5) is 5.69 Å². The summed E-state index contributed by atoms with van der Waals surface area (Å²) in [7, 11) is 0. The van der Waals surface area contributed by atoms with Crippen LogP contribution in [-0.2, 0) is 0 Å². The lowest BCUT2D eigenvalue weighted by molar-refractivity contribution is 0.671. The molecular formula is C20H31N. The summed E-state index contributed by atoms with van der Waals surface area (Å²) in [6, 6.07) is 10.2. The molecule has 116 valence electrons. The average Bonchev–Trinajstić information content (AvgIpc) is 2.53. The summed E-state index contributed by atoms with van der Waals surface area (Å²) in [6.07, 6.45) is 16.0. The molecule has 21 heavy (non-hydrogen) atoms. The Hall–Kier alpha value is -1.37. The van der Waals surface area contributed by atoms with Crippen molar-refractivity contribution in [3.63, 3.8) is 0 Å². The van der Waals surface area contributed by atoms with Crippen molar-refractivity contribution in [3.8, 4) is 0 Å². The van der Waals surface area contributed by atoms with Crippen molar-refractivity contribution in [2.45, 2.75) is 71.6 Å². The molecule has 0 aliphatic rings. The summed E-state index contributed by atoms with van der Waals surface area (Å²) >= 11 is 0. The summed E-state index contributed by atoms with van der Waals surface area (Å²) in [5.74, 6) is 0. The van der Waals surface area contributed by atoms with Crippen molar-refractivity contribution in [1.82, 2.24) is 0 Å². The zero-order chi connectivity index (χ0) is 15.2. The van der Waals surface area contributed by atoms with E-state index in [0.717, 1.165) is 12.1 Å². The van der Waals surface area contributed by atoms with E-state index < -0.39 is 0 Å². The predicted molar refractivity (Wildman–Crippen MR) is 95.6 cm³/mol. The first-order chi connectivity index (χ1) is 10.4. The van der Waals surface area contributed by atoms with Crippen molar-refractivity contribution in [3.05, 3.63) is 42.0 Å². The van der Waals surface area contributed by atoms with Crippen LogP contribution in [0.5, 0.6) is 0 Å². The normalized spacial score (nSPS) is 12.2. The maximum Gasteiger partial charge on any atom is 0.0629 e. The molecule has 0 aliphatic carbocycles. The third-order valence-corrected chi connectivity index (χ3v) is 3.67. The van der Waals surface area contributed by atoms with Gasteiger partial charge in [-0.05, 0) is 43.4 Å². The number of aliphatic imine (C=N–C) groups is 1. The van der Waals surface area contributed by atoms with E-state index in [2.05, 4.69) is 43.3 Å². The predicted octanol–water partition coefficient (Wildman–Crippen LogP) is 6.87. The quantitative estimate of drug-likeness (QED) is 0.311. The van der Waals surface area contributed by atoms with E-state index in [1.54, 1.807) is 0 Å². The molecule has 1 aromatic carbocycles.